The second kappa shape index (κ2) is 32.5. The smallest absolute Gasteiger partial charge is 0.351 e. The van der Waals surface area contributed by atoms with Crippen LogP contribution in [-0.4, -0.2) is 93.4 Å². The first-order valence-corrected chi connectivity index (χ1v) is 30.7. The molecule has 0 radical (unpaired) electrons. The van der Waals surface area contributed by atoms with E-state index < -0.39 is 67.0 Å². The van der Waals surface area contributed by atoms with Gasteiger partial charge in [-0.1, -0.05) is 128 Å². The molecule has 5 unspecified atom stereocenters. The molecule has 2 aromatic carbocycles. The second-order valence-corrected chi connectivity index (χ2v) is 23.6. The Bertz CT molecular complexity index is 2800. The van der Waals surface area contributed by atoms with Crippen molar-refractivity contribution in [2.45, 2.75) is 194 Å². The number of aryl methyl sites for hydroxylation is 2. The quantitative estimate of drug-likeness (QED) is 0.0257. The van der Waals surface area contributed by atoms with E-state index in [-0.39, 0.29) is 51.6 Å². The molecule has 5 atom stereocenters. The van der Waals surface area contributed by atoms with Gasteiger partial charge in [-0.3, -0.25) is 37.9 Å². The number of nitrogens with zero attached hydrogens (tertiary/aromatic N) is 4. The van der Waals surface area contributed by atoms with Crippen LogP contribution in [0.25, 0.3) is 0 Å². The number of nitrogens with one attached hydrogen (secondary N) is 2. The Hall–Kier alpha value is -5.72. The maximum atomic E-state index is 14.5. The number of H-pyrrole nitrogens is 1. The molecule has 0 aliphatic carbocycles. The van der Waals surface area contributed by atoms with E-state index in [1.807, 2.05) is 26.0 Å². The van der Waals surface area contributed by atoms with E-state index in [1.165, 1.54) is 129 Å². The third-order valence-corrected chi connectivity index (χ3v) is 16.6. The average molecular weight is 1120 g/mol. The molecule has 6 rings (SSSR count). The van der Waals surface area contributed by atoms with E-state index in [4.69, 9.17) is 28.2 Å². The van der Waals surface area contributed by atoms with E-state index in [0.29, 0.717) is 37.0 Å². The normalized spacial score (nSPS) is 18.4. The van der Waals surface area contributed by atoms with Gasteiger partial charge >= 0.3 is 23.3 Å². The van der Waals surface area contributed by atoms with E-state index in [2.05, 4.69) is 22.2 Å². The van der Waals surface area contributed by atoms with Crippen molar-refractivity contribution in [2.75, 3.05) is 44.9 Å². The summed E-state index contributed by atoms with van der Waals surface area (Å²) in [7, 11) is -3.70. The number of amides is 1. The first-order chi connectivity index (χ1) is 38.1. The Kier molecular flexibility index (Phi) is 25.7. The summed E-state index contributed by atoms with van der Waals surface area (Å²) >= 11 is 0. The summed E-state index contributed by atoms with van der Waals surface area (Å²) in [6, 6.07) is 13.7. The third kappa shape index (κ3) is 20.7. The van der Waals surface area contributed by atoms with Gasteiger partial charge in [0.2, 0.25) is 0 Å². The molecule has 2 saturated heterocycles. The molecule has 2 N–H and O–H groups in total. The van der Waals surface area contributed by atoms with E-state index in [0.717, 1.165) is 35.3 Å². The Morgan fingerprint density at radius 3 is 2.03 bits per heavy atom. The number of hydrogen-bond donors (Lipinski definition) is 2. The molecule has 4 aromatic rings. The van der Waals surface area contributed by atoms with Crippen molar-refractivity contribution in [1.82, 2.24) is 23.8 Å². The van der Waals surface area contributed by atoms with E-state index in [9.17, 15) is 33.3 Å². The van der Waals surface area contributed by atoms with Crippen LogP contribution in [0.5, 0.6) is 5.75 Å². The maximum Gasteiger partial charge on any atom is 0.351 e. The molecule has 4 heterocycles. The number of anilines is 1. The second-order valence-electron chi connectivity index (χ2n) is 21.2. The highest BCUT2D eigenvalue weighted by atomic mass is 31.2. The molecule has 20 heteroatoms. The highest BCUT2D eigenvalue weighted by Crippen LogP contribution is 2.50. The third-order valence-electron chi connectivity index (χ3n) is 14.6. The molecule has 79 heavy (non-hydrogen) atoms. The number of morpholine rings is 1. The number of aromatic nitrogens is 4. The number of unbranched alkanes of at least 4 members (excludes halogenated alkanes) is 15. The molecular weight excluding hydrogens is 1030 g/mol. The summed E-state index contributed by atoms with van der Waals surface area (Å²) in [5.41, 5.74) is 1.69. The van der Waals surface area contributed by atoms with Crippen molar-refractivity contribution in [3.8, 4) is 5.75 Å². The van der Waals surface area contributed by atoms with Crippen LogP contribution in [0.4, 0.5) is 5.82 Å². The van der Waals surface area contributed by atoms with Gasteiger partial charge in [0.05, 0.1) is 38.7 Å². The molecule has 2 aliphatic heterocycles. The van der Waals surface area contributed by atoms with Crippen molar-refractivity contribution in [1.29, 1.82) is 0 Å². The van der Waals surface area contributed by atoms with Gasteiger partial charge in [0.1, 0.15) is 37.1 Å². The molecule has 0 bridgehead atoms. The first-order valence-electron chi connectivity index (χ1n) is 28.7. The highest BCUT2D eigenvalue weighted by molar-refractivity contribution is 7.55. The largest absolute Gasteiger partial charge is 0.493 e. The zero-order valence-electron chi connectivity index (χ0n) is 47.2. The van der Waals surface area contributed by atoms with Crippen LogP contribution in [0.2, 0.25) is 0 Å². The van der Waals surface area contributed by atoms with Crippen LogP contribution in [0.15, 0.2) is 75.3 Å². The summed E-state index contributed by atoms with van der Waals surface area (Å²) in [5, 5.41) is 2.62. The van der Waals surface area contributed by atoms with Crippen LogP contribution in [0.1, 0.15) is 187 Å². The number of esters is 2. The minimum Gasteiger partial charge on any atom is -0.493 e. The number of hydrogen-bond acceptors (Lipinski definition) is 14. The molecule has 2 aromatic heterocycles. The summed E-state index contributed by atoms with van der Waals surface area (Å²) in [6.45, 7) is 9.36. The fourth-order valence-electron chi connectivity index (χ4n) is 9.79. The molecule has 2 aliphatic rings. The fourth-order valence-corrected chi connectivity index (χ4v) is 11.3. The van der Waals surface area contributed by atoms with E-state index in [1.54, 1.807) is 37.3 Å². The molecule has 1 amide bonds. The highest BCUT2D eigenvalue weighted by Gasteiger charge is 2.39. The topological polar surface area (TPSA) is 229 Å². The lowest BCUT2D eigenvalue weighted by Crippen LogP contribution is -2.48. The van der Waals surface area contributed by atoms with Crippen LogP contribution in [0, 0.1) is 20.8 Å². The number of ether oxygens (including phenoxy) is 5. The summed E-state index contributed by atoms with van der Waals surface area (Å²) < 4.78 is 54.5. The number of benzene rings is 2. The standard InChI is InChI=1S/C59H85N6O13P/c1-6-7-8-9-10-11-12-13-14-15-16-17-18-19-20-24-34-73-50-36-46(35-43(2)45(50)4)40-74-54(66)30-31-55(67)75-41-49-38-63(39-53(78-49)64-33-32-51(61-58(64)70)60-57(69)47-26-22-21-23-27-47)79(5,72)76-42-48-28-25-29-52(77-48)65-37-44(3)56(68)62-59(65)71/h21-23,26-27,32-33,35-37,48-49,52-53H,6-20,24-25,28-31,34,38-42H2,1-5H3,(H,62,68,71)(H,60,61,69,70). The van der Waals surface area contributed by atoms with Crippen molar-refractivity contribution >= 4 is 31.2 Å². The monoisotopic (exact) mass is 1120 g/mol. The molecule has 2 fully saturated rings. The molecule has 0 spiro atoms. The summed E-state index contributed by atoms with van der Waals surface area (Å²) in [6.07, 6.45) is 21.7. The molecule has 0 saturated carbocycles. The number of carbonyl (C=O) groups excluding carboxylic acids is 3. The molecular formula is C59H85N6O13P. The Labute approximate surface area is 465 Å². The number of aromatic amines is 1. The maximum absolute atomic E-state index is 14.5. The van der Waals surface area contributed by atoms with Gasteiger partial charge in [0, 0.05) is 36.7 Å². The number of carbonyl (C=O) groups is 3. The van der Waals surface area contributed by atoms with Gasteiger partial charge in [0.25, 0.3) is 19.0 Å². The van der Waals surface area contributed by atoms with Crippen LogP contribution >= 0.6 is 7.52 Å². The zero-order valence-corrected chi connectivity index (χ0v) is 48.1. The van der Waals surface area contributed by atoms with Crippen LogP contribution in [-0.2, 0) is 44.2 Å². The van der Waals surface area contributed by atoms with Gasteiger partial charge in [-0.05, 0) is 87.4 Å². The zero-order chi connectivity index (χ0) is 56.6. The lowest BCUT2D eigenvalue weighted by molar-refractivity contribution is -0.161. The number of rotatable bonds is 33. The van der Waals surface area contributed by atoms with Gasteiger partial charge < -0.3 is 33.5 Å². The van der Waals surface area contributed by atoms with Crippen molar-refractivity contribution < 1.29 is 47.2 Å². The first kappa shape index (κ1) is 62.5. The lowest BCUT2D eigenvalue weighted by Gasteiger charge is -2.40. The van der Waals surface area contributed by atoms with Crippen molar-refractivity contribution in [2.24, 2.45) is 0 Å². The Morgan fingerprint density at radius 1 is 0.734 bits per heavy atom. The predicted molar refractivity (Wildman–Crippen MR) is 303 cm³/mol. The minimum absolute atomic E-state index is 0.00461. The van der Waals surface area contributed by atoms with Gasteiger partial charge in [-0.15, -0.1) is 0 Å². The van der Waals surface area contributed by atoms with Gasteiger partial charge in [-0.25, -0.2) is 14.3 Å². The lowest BCUT2D eigenvalue weighted by atomic mass is 10.0. The van der Waals surface area contributed by atoms with E-state index >= 15 is 0 Å². The molecule has 19 nitrogen and oxygen atoms in total. The fraction of sp³-hybridized carbons (Fsp3) is 0.610. The Morgan fingerprint density at radius 2 is 1.37 bits per heavy atom. The minimum atomic E-state index is -3.70. The predicted octanol–water partition coefficient (Wildman–Crippen LogP) is 10.8. The molecule has 434 valence electrons. The average Bonchev–Trinajstić information content (AvgIpc) is 3.44. The summed E-state index contributed by atoms with van der Waals surface area (Å²) in [4.78, 5) is 83.4. The Balaban J connectivity index is 0.957. The van der Waals surface area contributed by atoms with Gasteiger partial charge in [0.15, 0.2) is 6.23 Å². The van der Waals surface area contributed by atoms with Crippen molar-refractivity contribution in [3.63, 3.8) is 0 Å². The SMILES string of the molecule is CCCCCCCCCCCCCCCCCCOc1cc(COC(=O)CCC(=O)OCC2CN(P(C)(=O)OCC3CCCC(n4cc(C)c(=O)[nH]c4=O)O3)CC(n3ccc(NC(=O)c4ccccc4)nc3=O)O2)cc(C)c1C. The summed E-state index contributed by atoms with van der Waals surface area (Å²) in [5.74, 6) is -0.971. The van der Waals surface area contributed by atoms with Gasteiger partial charge in [-0.2, -0.15) is 4.98 Å². The van der Waals surface area contributed by atoms with Crippen LogP contribution < -0.4 is 27.0 Å². The van der Waals surface area contributed by atoms with Crippen LogP contribution in [0.3, 0.4) is 0 Å². The van der Waals surface area contributed by atoms with Crippen molar-refractivity contribution in [3.05, 3.63) is 120 Å².